The molecular weight excluding hydrogens is 711 g/mol. The van der Waals surface area contributed by atoms with Crippen molar-refractivity contribution in [3.8, 4) is 0 Å². The van der Waals surface area contributed by atoms with E-state index in [1.807, 2.05) is 0 Å². The summed E-state index contributed by atoms with van der Waals surface area (Å²) in [6.45, 7) is 33.0. The smallest absolute Gasteiger partial charge is 1.00 e. The third-order valence-corrected chi connectivity index (χ3v) is 14.8. The van der Waals surface area contributed by atoms with Crippen LogP contribution in [0.5, 0.6) is 0 Å². The standard InChI is InChI=1S/C44H61Si.3ClH.Ti/c1-27(2)34-15-16-41(20-34)45(42-21-35(28(3)4)17-36(22-42)29(5)6,43-23-37(30(7)8)18-38(24-43)31(9)10)44-25-39(32(11)12)19-40(26-44)33(13)14;;;;/h15,17-19,21-33H,16H2,1-14H3;3*1H;/q-1;;;;+4/p-3. The summed E-state index contributed by atoms with van der Waals surface area (Å²) < 4.78 is 0. The van der Waals surface area contributed by atoms with Gasteiger partial charge < -0.3 is 37.2 Å². The minimum absolute atomic E-state index is 0. The van der Waals surface area contributed by atoms with Crippen molar-refractivity contribution in [2.75, 3.05) is 0 Å². The minimum atomic E-state index is -2.79. The third kappa shape index (κ3) is 10.3. The van der Waals surface area contributed by atoms with E-state index in [4.69, 9.17) is 0 Å². The molecule has 49 heavy (non-hydrogen) atoms. The summed E-state index contributed by atoms with van der Waals surface area (Å²) in [5, 5.41) is 6.12. The van der Waals surface area contributed by atoms with Gasteiger partial charge in [-0.2, -0.15) is 5.20 Å². The van der Waals surface area contributed by atoms with Crippen molar-refractivity contribution in [3.63, 3.8) is 0 Å². The molecule has 0 fully saturated rings. The quantitative estimate of drug-likeness (QED) is 0.160. The summed E-state index contributed by atoms with van der Waals surface area (Å²) in [5.74, 6) is 3.22. The largest absolute Gasteiger partial charge is 4.00 e. The van der Waals surface area contributed by atoms with Gasteiger partial charge in [0.2, 0.25) is 0 Å². The molecule has 3 aromatic carbocycles. The van der Waals surface area contributed by atoms with Gasteiger partial charge in [-0.3, -0.25) is 6.08 Å². The van der Waals surface area contributed by atoms with Crippen molar-refractivity contribution in [2.24, 2.45) is 5.92 Å². The molecule has 0 saturated carbocycles. The number of rotatable bonds is 11. The van der Waals surface area contributed by atoms with E-state index < -0.39 is 8.07 Å². The fraction of sp³-hybridized carbons (Fsp3) is 0.500. The molecule has 4 rings (SSSR count). The van der Waals surface area contributed by atoms with E-state index in [1.54, 1.807) is 0 Å². The first-order valence-electron chi connectivity index (χ1n) is 17.9. The second kappa shape index (κ2) is 19.7. The fourth-order valence-corrected chi connectivity index (χ4v) is 11.9. The zero-order valence-corrected chi connectivity index (χ0v) is 37.5. The van der Waals surface area contributed by atoms with Crippen molar-refractivity contribution >= 4 is 23.6 Å². The van der Waals surface area contributed by atoms with E-state index >= 15 is 0 Å². The Bertz CT molecular complexity index is 1340. The Kier molecular flexibility index (Phi) is 19.3. The number of hydrogen-bond donors (Lipinski definition) is 0. The Labute approximate surface area is 335 Å². The first-order chi connectivity index (χ1) is 21.1. The number of benzene rings is 3. The van der Waals surface area contributed by atoms with Gasteiger partial charge in [0.1, 0.15) is 0 Å². The van der Waals surface area contributed by atoms with Gasteiger partial charge in [0.15, 0.2) is 8.07 Å². The average molecular weight is 772 g/mol. The molecule has 0 aromatic heterocycles. The molecule has 5 heteroatoms. The van der Waals surface area contributed by atoms with Crippen LogP contribution >= 0.6 is 0 Å². The van der Waals surface area contributed by atoms with Gasteiger partial charge in [0, 0.05) is 0 Å². The van der Waals surface area contributed by atoms with E-state index in [2.05, 4.69) is 164 Å². The van der Waals surface area contributed by atoms with Gasteiger partial charge in [0.05, 0.1) is 0 Å². The summed E-state index contributed by atoms with van der Waals surface area (Å²) in [7, 11) is -2.79. The Morgan fingerprint density at radius 1 is 0.408 bits per heavy atom. The van der Waals surface area contributed by atoms with Crippen LogP contribution in [-0.2, 0) is 21.7 Å². The Morgan fingerprint density at radius 3 is 0.837 bits per heavy atom. The molecule has 3 aromatic rings. The molecule has 0 heterocycles. The van der Waals surface area contributed by atoms with Crippen molar-refractivity contribution in [1.82, 2.24) is 0 Å². The normalized spacial score (nSPS) is 13.1. The van der Waals surface area contributed by atoms with E-state index in [9.17, 15) is 0 Å². The van der Waals surface area contributed by atoms with E-state index in [0.29, 0.717) is 41.4 Å². The van der Waals surface area contributed by atoms with Crippen molar-refractivity contribution < 1.29 is 58.9 Å². The number of hydrogen-bond acceptors (Lipinski definition) is 0. The average Bonchev–Trinajstić information content (AvgIpc) is 3.48. The van der Waals surface area contributed by atoms with E-state index in [1.165, 1.54) is 59.7 Å². The Balaban J connectivity index is 0.00000576. The molecular formula is C44H61Cl3SiTi. The molecule has 0 aliphatic heterocycles. The Morgan fingerprint density at radius 2 is 0.653 bits per heavy atom. The summed E-state index contributed by atoms with van der Waals surface area (Å²) >= 11 is 0. The molecule has 0 N–H and O–H groups in total. The minimum Gasteiger partial charge on any atom is -1.00 e. The summed E-state index contributed by atoms with van der Waals surface area (Å²) in [4.78, 5) is 0. The fourth-order valence-electron chi connectivity index (χ4n) is 6.82. The maximum Gasteiger partial charge on any atom is 4.00 e. The van der Waals surface area contributed by atoms with Crippen molar-refractivity contribution in [1.29, 1.82) is 0 Å². The molecule has 266 valence electrons. The van der Waals surface area contributed by atoms with E-state index in [0.717, 1.165) is 6.42 Å². The molecule has 1 aliphatic carbocycles. The molecule has 0 spiro atoms. The van der Waals surface area contributed by atoms with Crippen LogP contribution < -0.4 is 52.8 Å². The van der Waals surface area contributed by atoms with Gasteiger partial charge in [-0.1, -0.05) is 164 Å². The molecule has 0 atom stereocenters. The van der Waals surface area contributed by atoms with Crippen LogP contribution in [0.2, 0.25) is 0 Å². The van der Waals surface area contributed by atoms with Gasteiger partial charge >= 0.3 is 21.7 Å². The van der Waals surface area contributed by atoms with Crippen LogP contribution in [0.15, 0.2) is 71.4 Å². The maximum atomic E-state index is 4.16. The van der Waals surface area contributed by atoms with Crippen LogP contribution in [0, 0.1) is 12.0 Å². The number of allylic oxidation sites excluding steroid dienone is 4. The first-order valence-corrected chi connectivity index (χ1v) is 19.9. The predicted molar refractivity (Wildman–Crippen MR) is 203 cm³/mol. The zero-order valence-electron chi connectivity index (χ0n) is 32.7. The molecule has 1 aliphatic rings. The monoisotopic (exact) mass is 770 g/mol. The summed E-state index contributed by atoms with van der Waals surface area (Å²) in [5.41, 5.74) is 10.1. The molecule has 0 bridgehead atoms. The molecule has 0 radical (unpaired) electrons. The van der Waals surface area contributed by atoms with Gasteiger partial charge in [-0.05, 0) is 84.4 Å². The molecule has 0 amide bonds. The maximum absolute atomic E-state index is 4.16. The first kappa shape index (κ1) is 47.9. The SMILES string of the molecule is CC(C)C1=CCC([Si](c2cc(C(C)C)cc(C(C)C)c2)(c2cc(C(C)C)cc(C(C)C)c2)c2cc(C(C)C)cc(C(C)C)c2)=[C-]1.[Cl-].[Cl-].[Cl-].[Ti+4]. The van der Waals surface area contributed by atoms with Crippen LogP contribution in [0.25, 0.3) is 0 Å². The van der Waals surface area contributed by atoms with Crippen molar-refractivity contribution in [3.05, 3.63) is 111 Å². The third-order valence-electron chi connectivity index (χ3n) is 10.1. The second-order valence-electron chi connectivity index (χ2n) is 16.0. The Hall–Kier alpha value is -1.06. The van der Waals surface area contributed by atoms with Gasteiger partial charge in [-0.25, -0.2) is 11.6 Å². The van der Waals surface area contributed by atoms with Crippen molar-refractivity contribution in [2.45, 2.75) is 139 Å². The molecule has 0 saturated heterocycles. The number of halogens is 3. The van der Waals surface area contributed by atoms with Crippen LogP contribution in [-0.4, -0.2) is 8.07 Å². The second-order valence-corrected chi connectivity index (χ2v) is 19.8. The van der Waals surface area contributed by atoms with Crippen LogP contribution in [0.3, 0.4) is 0 Å². The van der Waals surface area contributed by atoms with E-state index in [-0.39, 0.29) is 58.9 Å². The van der Waals surface area contributed by atoms with Crippen LogP contribution in [0.4, 0.5) is 0 Å². The van der Waals surface area contributed by atoms with Gasteiger partial charge in [0.25, 0.3) is 0 Å². The summed E-state index contributed by atoms with van der Waals surface area (Å²) in [6, 6.07) is 23.1. The topological polar surface area (TPSA) is 0 Å². The molecule has 0 unspecified atom stereocenters. The molecule has 0 nitrogen and oxygen atoms in total. The van der Waals surface area contributed by atoms with Crippen LogP contribution in [0.1, 0.15) is 172 Å². The van der Waals surface area contributed by atoms with Gasteiger partial charge in [-0.15, -0.1) is 0 Å². The summed E-state index contributed by atoms with van der Waals surface area (Å²) in [6.07, 6.45) is 7.63. The predicted octanol–water partition coefficient (Wildman–Crippen LogP) is 2.16. The zero-order chi connectivity index (χ0) is 33.4.